The zero-order valence-electron chi connectivity index (χ0n) is 14.0. The molecular formula is C20H27NO. The van der Waals surface area contributed by atoms with E-state index in [-0.39, 0.29) is 5.41 Å². The summed E-state index contributed by atoms with van der Waals surface area (Å²) in [6.45, 7) is 6.76. The third kappa shape index (κ3) is 4.09. The van der Waals surface area contributed by atoms with Crippen LogP contribution in [-0.2, 0) is 5.41 Å². The number of pyridine rings is 1. The van der Waals surface area contributed by atoms with Gasteiger partial charge in [0, 0.05) is 23.5 Å². The number of hydrogen-bond donors (Lipinski definition) is 1. The van der Waals surface area contributed by atoms with Crippen molar-refractivity contribution in [3.8, 4) is 16.9 Å². The molecule has 2 aromatic rings. The molecule has 0 fully saturated rings. The summed E-state index contributed by atoms with van der Waals surface area (Å²) in [6.07, 6.45) is 9.78. The van der Waals surface area contributed by atoms with Crippen LogP contribution in [0.3, 0.4) is 0 Å². The lowest BCUT2D eigenvalue weighted by atomic mass is 9.79. The number of nitrogens with zero attached hydrogens (tertiary/aromatic N) is 1. The Labute approximate surface area is 134 Å². The van der Waals surface area contributed by atoms with E-state index >= 15 is 0 Å². The Kier molecular flexibility index (Phi) is 5.59. The van der Waals surface area contributed by atoms with Crippen molar-refractivity contribution in [1.82, 2.24) is 4.98 Å². The van der Waals surface area contributed by atoms with Crippen LogP contribution < -0.4 is 0 Å². The molecule has 1 heterocycles. The van der Waals surface area contributed by atoms with Gasteiger partial charge in [-0.3, -0.25) is 4.98 Å². The van der Waals surface area contributed by atoms with Gasteiger partial charge in [0.2, 0.25) is 0 Å². The molecule has 0 aliphatic carbocycles. The highest BCUT2D eigenvalue weighted by Gasteiger charge is 2.21. The lowest BCUT2D eigenvalue weighted by Crippen LogP contribution is -2.16. The molecular weight excluding hydrogens is 270 g/mol. The van der Waals surface area contributed by atoms with E-state index in [2.05, 4.69) is 31.8 Å². The number of aromatic nitrogens is 1. The van der Waals surface area contributed by atoms with E-state index in [1.54, 1.807) is 12.4 Å². The van der Waals surface area contributed by atoms with Crippen LogP contribution >= 0.6 is 0 Å². The fourth-order valence-electron chi connectivity index (χ4n) is 2.86. The number of aromatic hydroxyl groups is 1. The third-order valence-corrected chi connectivity index (χ3v) is 4.41. The second kappa shape index (κ2) is 7.44. The second-order valence-corrected chi connectivity index (χ2v) is 6.67. The predicted molar refractivity (Wildman–Crippen MR) is 93.1 cm³/mol. The Hall–Kier alpha value is -1.83. The minimum atomic E-state index is 0.0959. The first-order chi connectivity index (χ1) is 10.5. The Morgan fingerprint density at radius 2 is 1.91 bits per heavy atom. The van der Waals surface area contributed by atoms with Crippen LogP contribution in [0, 0.1) is 0 Å². The average Bonchev–Trinajstić information content (AvgIpc) is 2.52. The smallest absolute Gasteiger partial charge is 0.123 e. The van der Waals surface area contributed by atoms with Crippen molar-refractivity contribution < 1.29 is 5.11 Å². The van der Waals surface area contributed by atoms with Crippen molar-refractivity contribution in [2.24, 2.45) is 0 Å². The summed E-state index contributed by atoms with van der Waals surface area (Å²) in [5.74, 6) is 0.340. The van der Waals surface area contributed by atoms with Gasteiger partial charge in [-0.2, -0.15) is 0 Å². The molecule has 0 saturated heterocycles. The molecule has 0 amide bonds. The van der Waals surface area contributed by atoms with Crippen molar-refractivity contribution in [1.29, 1.82) is 0 Å². The van der Waals surface area contributed by atoms with Crippen molar-refractivity contribution >= 4 is 0 Å². The topological polar surface area (TPSA) is 33.1 Å². The summed E-state index contributed by atoms with van der Waals surface area (Å²) >= 11 is 0. The van der Waals surface area contributed by atoms with Crippen LogP contribution in [0.2, 0.25) is 0 Å². The number of hydrogen-bond acceptors (Lipinski definition) is 2. The van der Waals surface area contributed by atoms with E-state index < -0.39 is 0 Å². The van der Waals surface area contributed by atoms with Gasteiger partial charge in [0.15, 0.2) is 0 Å². The molecule has 22 heavy (non-hydrogen) atoms. The highest BCUT2D eigenvalue weighted by atomic mass is 16.3. The highest BCUT2D eigenvalue weighted by molar-refractivity contribution is 5.69. The number of unbranched alkanes of at least 4 members (excludes halogenated alkanes) is 3. The van der Waals surface area contributed by atoms with Crippen molar-refractivity contribution in [3.63, 3.8) is 0 Å². The summed E-state index contributed by atoms with van der Waals surface area (Å²) < 4.78 is 0. The van der Waals surface area contributed by atoms with Crippen molar-refractivity contribution in [2.75, 3.05) is 0 Å². The minimum absolute atomic E-state index is 0.0959. The lowest BCUT2D eigenvalue weighted by molar-refractivity contribution is 0.438. The predicted octanol–water partition coefficient (Wildman–Crippen LogP) is 5.70. The van der Waals surface area contributed by atoms with Gasteiger partial charge in [0.05, 0.1) is 0 Å². The number of phenols is 1. The van der Waals surface area contributed by atoms with Gasteiger partial charge in [0.25, 0.3) is 0 Å². The van der Waals surface area contributed by atoms with E-state index in [9.17, 15) is 5.11 Å². The van der Waals surface area contributed by atoms with Crippen LogP contribution in [0.25, 0.3) is 11.1 Å². The van der Waals surface area contributed by atoms with Crippen LogP contribution in [-0.4, -0.2) is 10.1 Å². The lowest BCUT2D eigenvalue weighted by Gasteiger charge is -2.26. The zero-order valence-corrected chi connectivity index (χ0v) is 14.0. The maximum absolute atomic E-state index is 10.4. The summed E-state index contributed by atoms with van der Waals surface area (Å²) in [5.41, 5.74) is 3.10. The summed E-state index contributed by atoms with van der Waals surface area (Å²) in [6, 6.07) is 9.93. The molecule has 118 valence electrons. The maximum atomic E-state index is 10.4. The summed E-state index contributed by atoms with van der Waals surface area (Å²) in [4.78, 5) is 4.12. The first-order valence-electron chi connectivity index (χ1n) is 8.28. The molecule has 0 spiro atoms. The molecule has 2 nitrogen and oxygen atoms in total. The van der Waals surface area contributed by atoms with Gasteiger partial charge in [-0.15, -0.1) is 0 Å². The first kappa shape index (κ1) is 16.5. The van der Waals surface area contributed by atoms with E-state index in [1.807, 2.05) is 24.3 Å². The molecule has 0 aliphatic heterocycles. The molecule has 0 saturated carbocycles. The van der Waals surface area contributed by atoms with Crippen LogP contribution in [0.5, 0.6) is 5.75 Å². The Morgan fingerprint density at radius 1 is 1.09 bits per heavy atom. The first-order valence-corrected chi connectivity index (χ1v) is 8.28. The molecule has 0 bridgehead atoms. The standard InChI is InChI=1S/C20H27NO/c1-4-5-6-7-12-20(2,3)17-10-11-18(19(22)14-17)16-9-8-13-21-15-16/h8-11,13-15,22H,4-7,12H2,1-3H3. The molecule has 2 heteroatoms. The second-order valence-electron chi connectivity index (χ2n) is 6.67. The quantitative estimate of drug-likeness (QED) is 0.665. The van der Waals surface area contributed by atoms with Gasteiger partial charge in [-0.05, 0) is 29.5 Å². The molecule has 1 N–H and O–H groups in total. The van der Waals surface area contributed by atoms with Crippen LogP contribution in [0.4, 0.5) is 0 Å². The Bertz CT molecular complexity index is 590. The molecule has 0 unspecified atom stereocenters. The summed E-state index contributed by atoms with van der Waals surface area (Å²) in [7, 11) is 0. The normalized spacial score (nSPS) is 11.6. The van der Waals surface area contributed by atoms with E-state index in [0.29, 0.717) is 5.75 Å². The van der Waals surface area contributed by atoms with Gasteiger partial charge in [-0.1, -0.05) is 64.7 Å². The van der Waals surface area contributed by atoms with Crippen molar-refractivity contribution in [3.05, 3.63) is 48.3 Å². The zero-order chi connectivity index (χ0) is 16.0. The van der Waals surface area contributed by atoms with Gasteiger partial charge in [-0.25, -0.2) is 0 Å². The molecule has 2 rings (SSSR count). The molecule has 0 aliphatic rings. The van der Waals surface area contributed by atoms with Gasteiger partial charge >= 0.3 is 0 Å². The molecule has 1 aromatic heterocycles. The molecule has 0 radical (unpaired) electrons. The fourth-order valence-corrected chi connectivity index (χ4v) is 2.86. The van der Waals surface area contributed by atoms with Gasteiger partial charge < -0.3 is 5.11 Å². The SMILES string of the molecule is CCCCCCC(C)(C)c1ccc(-c2cccnc2)c(O)c1. The minimum Gasteiger partial charge on any atom is -0.507 e. The van der Waals surface area contributed by atoms with E-state index in [0.717, 1.165) is 17.5 Å². The van der Waals surface area contributed by atoms with E-state index in [1.165, 1.54) is 31.2 Å². The maximum Gasteiger partial charge on any atom is 0.123 e. The molecule has 1 aromatic carbocycles. The van der Waals surface area contributed by atoms with Crippen LogP contribution in [0.15, 0.2) is 42.7 Å². The highest BCUT2D eigenvalue weighted by Crippen LogP contribution is 2.36. The summed E-state index contributed by atoms with van der Waals surface area (Å²) in [5, 5.41) is 10.4. The largest absolute Gasteiger partial charge is 0.507 e. The Balaban J connectivity index is 2.14. The van der Waals surface area contributed by atoms with E-state index in [4.69, 9.17) is 0 Å². The Morgan fingerprint density at radius 3 is 2.55 bits per heavy atom. The third-order valence-electron chi connectivity index (χ3n) is 4.41. The average molecular weight is 297 g/mol. The molecule has 0 atom stereocenters. The van der Waals surface area contributed by atoms with Gasteiger partial charge in [0.1, 0.15) is 5.75 Å². The van der Waals surface area contributed by atoms with Crippen molar-refractivity contribution in [2.45, 2.75) is 58.3 Å². The fraction of sp³-hybridized carbons (Fsp3) is 0.450. The monoisotopic (exact) mass is 297 g/mol. The van der Waals surface area contributed by atoms with Crippen LogP contribution in [0.1, 0.15) is 58.4 Å². The number of rotatable bonds is 7. The number of benzene rings is 1. The number of phenolic OH excluding ortho intramolecular Hbond substituents is 1.